The van der Waals surface area contributed by atoms with E-state index in [1.54, 1.807) is 4.31 Å². The van der Waals surface area contributed by atoms with Gasteiger partial charge in [-0.15, -0.1) is 24.5 Å². The molecule has 2 aliphatic rings. The monoisotopic (exact) mass is 553 g/mol. The number of rotatable bonds is 7. The summed E-state index contributed by atoms with van der Waals surface area (Å²) in [5, 5.41) is 1.61. The number of hydrogen-bond donors (Lipinski definition) is 0. The lowest BCUT2D eigenvalue weighted by molar-refractivity contribution is -0.274. The molecule has 37 heavy (non-hydrogen) atoms. The summed E-state index contributed by atoms with van der Waals surface area (Å²) in [6.07, 6.45) is -0.801. The zero-order chi connectivity index (χ0) is 26.2. The lowest BCUT2D eigenvalue weighted by Gasteiger charge is -2.38. The molecule has 0 N–H and O–H groups in total. The van der Waals surface area contributed by atoms with Crippen molar-refractivity contribution in [2.45, 2.75) is 51.6 Å². The Morgan fingerprint density at radius 2 is 1.65 bits per heavy atom. The molecule has 2 saturated heterocycles. The Morgan fingerprint density at radius 1 is 1.00 bits per heavy atom. The Morgan fingerprint density at radius 3 is 2.27 bits per heavy atom. The molecule has 2 fully saturated rings. The Balaban J connectivity index is 1.43. The highest BCUT2D eigenvalue weighted by Crippen LogP contribution is 2.40. The number of halogens is 3. The first-order valence-corrected chi connectivity index (χ1v) is 14.7. The predicted octanol–water partition coefficient (Wildman–Crippen LogP) is 5.92. The van der Waals surface area contributed by atoms with Crippen LogP contribution in [0.5, 0.6) is 5.75 Å². The molecule has 5 rings (SSSR count). The molecular weight excluding hydrogens is 523 g/mol. The number of hydrogen-bond acceptors (Lipinski definition) is 5. The van der Waals surface area contributed by atoms with Crippen LogP contribution in [0.25, 0.3) is 10.1 Å². The second-order valence-corrected chi connectivity index (χ2v) is 12.5. The van der Waals surface area contributed by atoms with Gasteiger partial charge in [-0.05, 0) is 80.4 Å². The first-order valence-electron chi connectivity index (χ1n) is 12.5. The van der Waals surface area contributed by atoms with Crippen molar-refractivity contribution in [2.75, 3.05) is 30.5 Å². The summed E-state index contributed by atoms with van der Waals surface area (Å²) in [5.41, 5.74) is 1.44. The van der Waals surface area contributed by atoms with E-state index in [0.717, 1.165) is 41.6 Å². The van der Waals surface area contributed by atoms with Crippen molar-refractivity contribution in [3.8, 4) is 5.75 Å². The molecule has 11 heteroatoms. The molecule has 3 aromatic rings. The molecule has 0 amide bonds. The first-order chi connectivity index (χ1) is 17.6. The van der Waals surface area contributed by atoms with Gasteiger partial charge in [-0.2, -0.15) is 12.7 Å². The standard InChI is InChI=1S/C26H30F3N3O3S2/c1-19-23-6-2-3-7-24(23)36-25(19)32(18-20-8-10-22(11-9-20)35-26(27,28)29)37(33,34)31-16-12-21(13-17-31)30-14-4-5-15-30/h2-3,6-11,21H,4-5,12-18H2,1H3. The van der Waals surface area contributed by atoms with Crippen molar-refractivity contribution in [1.82, 2.24) is 9.21 Å². The van der Waals surface area contributed by atoms with Crippen LogP contribution in [0.1, 0.15) is 36.8 Å². The number of ether oxygens (including phenoxy) is 1. The Kier molecular flexibility index (Phi) is 7.41. The van der Waals surface area contributed by atoms with E-state index >= 15 is 0 Å². The first kappa shape index (κ1) is 26.3. The zero-order valence-electron chi connectivity index (χ0n) is 20.6. The fourth-order valence-electron chi connectivity index (χ4n) is 5.30. The van der Waals surface area contributed by atoms with Gasteiger partial charge in [0.05, 0.1) is 6.54 Å². The minimum Gasteiger partial charge on any atom is -0.406 e. The third-order valence-electron chi connectivity index (χ3n) is 7.21. The number of fused-ring (bicyclic) bond motifs is 1. The SMILES string of the molecule is Cc1c(N(Cc2ccc(OC(F)(F)F)cc2)S(=O)(=O)N2CCC(N3CCCC3)CC2)sc2ccccc12. The van der Waals surface area contributed by atoms with Crippen LogP contribution in [0.4, 0.5) is 18.2 Å². The molecule has 0 unspecified atom stereocenters. The molecule has 6 nitrogen and oxygen atoms in total. The molecule has 0 atom stereocenters. The number of alkyl halides is 3. The summed E-state index contributed by atoms with van der Waals surface area (Å²) in [5.74, 6) is -0.340. The minimum absolute atomic E-state index is 0.00828. The van der Waals surface area contributed by atoms with Crippen LogP contribution in [-0.4, -0.2) is 56.2 Å². The second kappa shape index (κ2) is 10.4. The minimum atomic E-state index is -4.79. The number of nitrogens with zero attached hydrogens (tertiary/aromatic N) is 3. The molecule has 2 aliphatic heterocycles. The van der Waals surface area contributed by atoms with Crippen LogP contribution in [0.15, 0.2) is 48.5 Å². The highest BCUT2D eigenvalue weighted by atomic mass is 32.2. The smallest absolute Gasteiger partial charge is 0.406 e. The van der Waals surface area contributed by atoms with Crippen molar-refractivity contribution in [2.24, 2.45) is 0 Å². The number of piperidine rings is 1. The van der Waals surface area contributed by atoms with E-state index in [1.807, 2.05) is 31.2 Å². The molecule has 0 aliphatic carbocycles. The molecule has 200 valence electrons. The average Bonchev–Trinajstić information content (AvgIpc) is 3.52. The fourth-order valence-corrected chi connectivity index (χ4v) is 8.42. The van der Waals surface area contributed by atoms with E-state index in [4.69, 9.17) is 0 Å². The molecule has 3 heterocycles. The molecule has 0 spiro atoms. The van der Waals surface area contributed by atoms with Gasteiger partial charge in [-0.1, -0.05) is 30.3 Å². The molecular formula is C26H30F3N3O3S2. The quantitative estimate of drug-likeness (QED) is 0.365. The van der Waals surface area contributed by atoms with E-state index in [1.165, 1.54) is 52.7 Å². The van der Waals surface area contributed by atoms with Gasteiger partial charge in [0.2, 0.25) is 0 Å². The van der Waals surface area contributed by atoms with Gasteiger partial charge in [0.1, 0.15) is 10.8 Å². The maximum Gasteiger partial charge on any atom is 0.573 e. The van der Waals surface area contributed by atoms with Crippen LogP contribution in [-0.2, 0) is 16.8 Å². The van der Waals surface area contributed by atoms with Crippen LogP contribution in [0.3, 0.4) is 0 Å². The van der Waals surface area contributed by atoms with Crippen molar-refractivity contribution in [3.63, 3.8) is 0 Å². The number of benzene rings is 2. The molecule has 1 aromatic heterocycles. The van der Waals surface area contributed by atoms with Gasteiger partial charge in [0.25, 0.3) is 0 Å². The summed E-state index contributed by atoms with van der Waals surface area (Å²) in [4.78, 5) is 2.47. The van der Waals surface area contributed by atoms with Crippen molar-refractivity contribution in [1.29, 1.82) is 0 Å². The normalized spacial score (nSPS) is 18.5. The summed E-state index contributed by atoms with van der Waals surface area (Å²) < 4.78 is 73.9. The topological polar surface area (TPSA) is 53.1 Å². The molecule has 2 aromatic carbocycles. The van der Waals surface area contributed by atoms with Crippen molar-refractivity contribution < 1.29 is 26.3 Å². The number of aryl methyl sites for hydroxylation is 1. The predicted molar refractivity (Wildman–Crippen MR) is 140 cm³/mol. The zero-order valence-corrected chi connectivity index (χ0v) is 22.2. The lowest BCUT2D eigenvalue weighted by atomic mass is 10.1. The highest BCUT2D eigenvalue weighted by Gasteiger charge is 2.37. The van der Waals surface area contributed by atoms with Gasteiger partial charge >= 0.3 is 16.6 Å². The van der Waals surface area contributed by atoms with E-state index < -0.39 is 16.6 Å². The van der Waals surface area contributed by atoms with Crippen LogP contribution < -0.4 is 9.04 Å². The summed E-state index contributed by atoms with van der Waals surface area (Å²) in [6, 6.07) is 13.6. The van der Waals surface area contributed by atoms with E-state index in [9.17, 15) is 21.6 Å². The third-order valence-corrected chi connectivity index (χ3v) is 10.5. The van der Waals surface area contributed by atoms with Gasteiger partial charge in [-0.25, -0.2) is 4.31 Å². The van der Waals surface area contributed by atoms with Crippen LogP contribution in [0, 0.1) is 6.92 Å². The summed E-state index contributed by atoms with van der Waals surface area (Å²) in [6.45, 7) is 4.98. The Hall–Kier alpha value is -2.34. The van der Waals surface area contributed by atoms with E-state index in [-0.39, 0.29) is 12.3 Å². The maximum absolute atomic E-state index is 14.1. The third kappa shape index (κ3) is 5.74. The van der Waals surface area contributed by atoms with E-state index in [0.29, 0.717) is 29.7 Å². The van der Waals surface area contributed by atoms with Gasteiger partial charge in [0, 0.05) is 23.8 Å². The number of likely N-dealkylation sites (tertiary alicyclic amines) is 1. The maximum atomic E-state index is 14.1. The van der Waals surface area contributed by atoms with Crippen molar-refractivity contribution in [3.05, 3.63) is 59.7 Å². The Bertz CT molecular complexity index is 1330. The summed E-state index contributed by atoms with van der Waals surface area (Å²) in [7, 11) is -3.88. The fraction of sp³-hybridized carbons (Fsp3) is 0.462. The largest absolute Gasteiger partial charge is 0.573 e. The van der Waals surface area contributed by atoms with Crippen LogP contribution in [0.2, 0.25) is 0 Å². The molecule has 0 radical (unpaired) electrons. The van der Waals surface area contributed by atoms with Gasteiger partial charge in [0.15, 0.2) is 0 Å². The second-order valence-electron chi connectivity index (χ2n) is 9.61. The Labute approximate surface area is 219 Å². The number of thiophene rings is 1. The van der Waals surface area contributed by atoms with Crippen molar-refractivity contribution >= 4 is 36.6 Å². The summed E-state index contributed by atoms with van der Waals surface area (Å²) >= 11 is 1.41. The average molecular weight is 554 g/mol. The van der Waals surface area contributed by atoms with Crippen LogP contribution >= 0.6 is 11.3 Å². The number of anilines is 1. The molecule has 0 bridgehead atoms. The van der Waals surface area contributed by atoms with E-state index in [2.05, 4.69) is 9.64 Å². The van der Waals surface area contributed by atoms with Gasteiger partial charge in [-0.3, -0.25) is 0 Å². The molecule has 0 saturated carbocycles. The highest BCUT2D eigenvalue weighted by molar-refractivity contribution is 7.90. The van der Waals surface area contributed by atoms with Gasteiger partial charge < -0.3 is 9.64 Å². The lowest BCUT2D eigenvalue weighted by Crippen LogP contribution is -2.50.